The number of nitrogens with zero attached hydrogens (tertiary/aromatic N) is 1. The van der Waals surface area contributed by atoms with Crippen molar-refractivity contribution >= 4 is 44.4 Å². The van der Waals surface area contributed by atoms with Gasteiger partial charge in [-0.3, -0.25) is 4.98 Å². The number of nitrogens with one attached hydrogen (secondary N) is 3. The molecule has 0 aliphatic rings. The molecule has 0 radical (unpaired) electrons. The first-order chi connectivity index (χ1) is 25.9. The van der Waals surface area contributed by atoms with E-state index >= 15 is 0 Å². The molecule has 1 unspecified atom stereocenters. The third-order valence-electron chi connectivity index (χ3n) is 9.07. The molecule has 2 aromatic carbocycles. The van der Waals surface area contributed by atoms with Crippen LogP contribution in [-0.2, 0) is 41.4 Å². The number of ether oxygens (including phenoxy) is 3. The normalized spacial score (nSPS) is 14.5. The van der Waals surface area contributed by atoms with Gasteiger partial charge in [0.1, 0.15) is 0 Å². The average Bonchev–Trinajstić information content (AvgIpc) is 3.15. The van der Waals surface area contributed by atoms with Crippen molar-refractivity contribution in [2.24, 2.45) is 10.8 Å². The third kappa shape index (κ3) is 14.4. The monoisotopic (exact) mass is 822 g/mol. The predicted molar refractivity (Wildman–Crippen MR) is 211 cm³/mol. The molecule has 0 aliphatic heterocycles. The van der Waals surface area contributed by atoms with E-state index in [0.717, 1.165) is 22.4 Å². The molecule has 3 aromatic rings. The summed E-state index contributed by atoms with van der Waals surface area (Å²) < 4.78 is 13.7. The van der Waals surface area contributed by atoms with Crippen LogP contribution in [0.4, 0.5) is 9.59 Å². The number of aliphatic hydroxyl groups excluding tert-OH is 1. The number of hydrogen-bond acceptors (Lipinski definition) is 10. The number of carbonyl (C=O) groups is 5. The van der Waals surface area contributed by atoms with Crippen LogP contribution < -0.4 is 16.0 Å². The number of carbonyl (C=O) groups excluding carboxylic acids is 5. The summed E-state index contributed by atoms with van der Waals surface area (Å²) in [7, 11) is 2.48. The van der Waals surface area contributed by atoms with Crippen molar-refractivity contribution in [3.8, 4) is 11.3 Å². The van der Waals surface area contributed by atoms with Crippen LogP contribution in [0.25, 0.3) is 11.3 Å². The molecule has 3 rings (SSSR count). The van der Waals surface area contributed by atoms with Crippen molar-refractivity contribution in [3.63, 3.8) is 0 Å². The summed E-state index contributed by atoms with van der Waals surface area (Å²) in [5, 5.41) is 20.7. The molecular formula is C41H55AsN4O9. The fourth-order valence-corrected chi connectivity index (χ4v) is 8.18. The van der Waals surface area contributed by atoms with Crippen molar-refractivity contribution in [3.05, 3.63) is 90.1 Å². The fourth-order valence-electron chi connectivity index (χ4n) is 6.00. The van der Waals surface area contributed by atoms with E-state index in [1.807, 2.05) is 93.6 Å². The molecule has 13 nitrogen and oxygen atoms in total. The van der Waals surface area contributed by atoms with Gasteiger partial charge in [0.15, 0.2) is 0 Å². The first-order valence-electron chi connectivity index (χ1n) is 18.1. The van der Waals surface area contributed by atoms with Gasteiger partial charge in [-0.1, -0.05) is 6.07 Å². The Balaban J connectivity index is 1.99. The number of alkyl carbamates (subject to hydrolysis) is 1. The van der Waals surface area contributed by atoms with Crippen LogP contribution in [0.1, 0.15) is 59.1 Å². The topological polar surface area (TPSA) is 182 Å². The van der Waals surface area contributed by atoms with E-state index in [-0.39, 0.29) is 19.4 Å². The molecule has 3 amide bonds. The van der Waals surface area contributed by atoms with E-state index in [2.05, 4.69) is 20.9 Å². The number of rotatable bonds is 18. The number of amides is 3. The molecule has 1 aromatic heterocycles. The van der Waals surface area contributed by atoms with Gasteiger partial charge < -0.3 is 4.74 Å². The van der Waals surface area contributed by atoms with Gasteiger partial charge in [-0.25, -0.2) is 4.79 Å². The summed E-state index contributed by atoms with van der Waals surface area (Å²) in [6, 6.07) is 20.2. The zero-order valence-electron chi connectivity index (χ0n) is 32.9. The van der Waals surface area contributed by atoms with Gasteiger partial charge in [-0.05, 0) is 12.1 Å². The van der Waals surface area contributed by atoms with Gasteiger partial charge in [0.25, 0.3) is 0 Å². The summed E-state index contributed by atoms with van der Waals surface area (Å²) in [4.78, 5) is 69.0. The quantitative estimate of drug-likeness (QED) is 0.0804. The molecule has 6 atom stereocenters. The molecule has 0 spiro atoms. The zero-order valence-corrected chi connectivity index (χ0v) is 35.0. The summed E-state index contributed by atoms with van der Waals surface area (Å²) in [5.74, 6) is -1.47. The number of methoxy groups -OCH3 is 2. The molecular weight excluding hydrogens is 767 g/mol. The number of aliphatic hydroxyl groups is 1. The van der Waals surface area contributed by atoms with E-state index in [4.69, 9.17) is 14.2 Å². The van der Waals surface area contributed by atoms with E-state index in [1.165, 1.54) is 21.1 Å². The Morgan fingerprint density at radius 3 is 1.98 bits per heavy atom. The molecule has 0 aliphatic carbocycles. The zero-order chi connectivity index (χ0) is 40.8. The Morgan fingerprint density at radius 1 is 0.782 bits per heavy atom. The van der Waals surface area contributed by atoms with Gasteiger partial charge >= 0.3 is 280 Å². The van der Waals surface area contributed by atoms with E-state index in [9.17, 15) is 29.1 Å². The van der Waals surface area contributed by atoms with Crippen LogP contribution in [0.3, 0.4) is 0 Å². The van der Waals surface area contributed by atoms with Crippen LogP contribution in [0.15, 0.2) is 79.0 Å². The minimum absolute atomic E-state index is 0.00932. The molecule has 0 fully saturated rings. The summed E-state index contributed by atoms with van der Waals surface area (Å²) in [6.45, 7) is 10.1. The van der Waals surface area contributed by atoms with Gasteiger partial charge in [0, 0.05) is 6.20 Å². The third-order valence-corrected chi connectivity index (χ3v) is 12.8. The number of benzene rings is 2. The van der Waals surface area contributed by atoms with Crippen LogP contribution in [0.2, 0.25) is 4.71 Å². The first kappa shape index (κ1) is 44.7. The maximum atomic E-state index is 14.2. The summed E-state index contributed by atoms with van der Waals surface area (Å²) >= 11 is -1.71. The molecule has 0 bridgehead atoms. The second-order valence-electron chi connectivity index (χ2n) is 15.2. The Labute approximate surface area is 330 Å². The van der Waals surface area contributed by atoms with Gasteiger partial charge in [0.05, 0.1) is 12.8 Å². The number of esters is 1. The minimum atomic E-state index is -1.71. The van der Waals surface area contributed by atoms with Crippen LogP contribution in [-0.4, -0.2) is 99.5 Å². The molecule has 55 heavy (non-hydrogen) atoms. The Morgan fingerprint density at radius 2 is 1.42 bits per heavy atom. The van der Waals surface area contributed by atoms with Crippen molar-refractivity contribution in [1.82, 2.24) is 20.9 Å². The molecule has 0 saturated carbocycles. The Bertz CT molecular complexity index is 1720. The molecule has 14 heteroatoms. The van der Waals surface area contributed by atoms with Gasteiger partial charge in [0.2, 0.25) is 0 Å². The van der Waals surface area contributed by atoms with Crippen molar-refractivity contribution in [1.29, 1.82) is 0 Å². The van der Waals surface area contributed by atoms with Crippen molar-refractivity contribution in [2.45, 2.75) is 89.7 Å². The predicted octanol–water partition coefficient (Wildman–Crippen LogP) is 4.61. The maximum absolute atomic E-state index is 14.2. The van der Waals surface area contributed by atoms with Crippen LogP contribution in [0, 0.1) is 10.8 Å². The molecule has 298 valence electrons. The number of hydrogen-bond donors (Lipinski definition) is 4. The Kier molecular flexibility index (Phi) is 16.9. The fraction of sp³-hybridized carbons (Fsp3) is 0.463. The van der Waals surface area contributed by atoms with E-state index in [0.29, 0.717) is 6.42 Å². The van der Waals surface area contributed by atoms with Crippen molar-refractivity contribution in [2.75, 3.05) is 20.8 Å². The molecule has 1 heterocycles. The molecule has 4 N–H and O–H groups in total. The second-order valence-corrected chi connectivity index (χ2v) is 17.9. The number of aromatic nitrogens is 1. The van der Waals surface area contributed by atoms with E-state index < -0.39 is 84.2 Å². The molecule has 0 saturated heterocycles. The van der Waals surface area contributed by atoms with Gasteiger partial charge in [-0.15, -0.1) is 0 Å². The van der Waals surface area contributed by atoms with Crippen LogP contribution >= 0.6 is 0 Å². The average molecular weight is 823 g/mol. The first-order valence-corrected chi connectivity index (χ1v) is 20.3. The van der Waals surface area contributed by atoms with E-state index in [1.54, 1.807) is 20.0 Å². The second kappa shape index (κ2) is 20.8. The van der Waals surface area contributed by atoms with Crippen LogP contribution in [0.5, 0.6) is 0 Å². The summed E-state index contributed by atoms with van der Waals surface area (Å²) in [6.07, 6.45) is 0.309. The summed E-state index contributed by atoms with van der Waals surface area (Å²) in [5.41, 5.74) is 1.79. The van der Waals surface area contributed by atoms with Crippen molar-refractivity contribution < 1.29 is 43.3 Å². The van der Waals surface area contributed by atoms with Gasteiger partial charge in [-0.2, -0.15) is 0 Å². The standard InChI is InChI=1S/C41H55AsN4O9/c1-26(47)55-25-41(5,6)34(42-38(51)53-7)36(49)45-32(23-27-14-10-9-11-15-27)33(48)24-30(44-37(50)35(40(2,3)4)46-39(52)54-8)22-28-17-19-29(20-18-28)31-16-12-13-21-43-31/h9-21,30,32-35,42,48H,22-25H2,1-8H3,(H,44,50)(H,45,49)(H,46,52)/t30-,32-,33-,34+,35+/m0/s1. The SMILES string of the molecule is COC(=O)N[C@H](C(=O)N[C@@H](Cc1ccc(-c2ccccn2)cc1)C[C@H](O)[C@H](Cc1ccccc1)NC(=O)[C@@H]([AsH]C(=O)OC)C(C)(C)COC(C)=O)C(C)(C)C. The number of pyridine rings is 1. The Hall–Kier alpha value is -4.74.